The Balaban J connectivity index is 1.44. The summed E-state index contributed by atoms with van der Waals surface area (Å²) in [6, 6.07) is 7.03. The Morgan fingerprint density at radius 2 is 2.21 bits per heavy atom. The summed E-state index contributed by atoms with van der Waals surface area (Å²) in [4.78, 5) is 31.4. The van der Waals surface area contributed by atoms with Crippen LogP contribution in [0.4, 0.5) is 9.80 Å². The number of nitrogens with zero attached hydrogens (tertiary/aromatic N) is 4. The highest BCUT2D eigenvalue weighted by Crippen LogP contribution is 2.31. The first-order chi connectivity index (χ1) is 14.2. The molecule has 1 aliphatic heterocycles. The van der Waals surface area contributed by atoms with Crippen molar-refractivity contribution in [3.8, 4) is 0 Å². The molecule has 150 valence electrons. The Kier molecular flexibility index (Phi) is 5.80. The number of furan rings is 1. The average Bonchev–Trinajstić information content (AvgIpc) is 3.45. The van der Waals surface area contributed by atoms with E-state index in [1.807, 2.05) is 12.1 Å². The molecule has 0 bridgehead atoms. The zero-order valence-corrected chi connectivity index (χ0v) is 16.4. The summed E-state index contributed by atoms with van der Waals surface area (Å²) in [6.07, 6.45) is 7.89. The van der Waals surface area contributed by atoms with Crippen molar-refractivity contribution in [1.29, 1.82) is 0 Å². The van der Waals surface area contributed by atoms with Crippen molar-refractivity contribution in [2.75, 3.05) is 11.9 Å². The second-order valence-electron chi connectivity index (χ2n) is 6.63. The molecule has 29 heavy (non-hydrogen) atoms. The SMILES string of the molecule is O=C(NCc1ccco1)c1nnsc1NC(=O)N1CCCC[C@H]1c1cccnc1. The lowest BCUT2D eigenvalue weighted by Crippen LogP contribution is -2.41. The lowest BCUT2D eigenvalue weighted by atomic mass is 9.97. The van der Waals surface area contributed by atoms with E-state index in [0.29, 0.717) is 17.3 Å². The summed E-state index contributed by atoms with van der Waals surface area (Å²) in [6.45, 7) is 0.865. The van der Waals surface area contributed by atoms with Crippen LogP contribution in [-0.4, -0.2) is 38.0 Å². The molecule has 0 spiro atoms. The molecule has 4 heterocycles. The number of hydrogen-bond acceptors (Lipinski definition) is 7. The minimum atomic E-state index is -0.423. The van der Waals surface area contributed by atoms with Crippen LogP contribution in [0.15, 0.2) is 47.3 Å². The van der Waals surface area contributed by atoms with Crippen molar-refractivity contribution >= 4 is 28.5 Å². The van der Waals surface area contributed by atoms with Gasteiger partial charge in [-0.3, -0.25) is 15.1 Å². The number of hydrogen-bond donors (Lipinski definition) is 2. The van der Waals surface area contributed by atoms with Gasteiger partial charge >= 0.3 is 6.03 Å². The summed E-state index contributed by atoms with van der Waals surface area (Å²) in [5.41, 5.74) is 1.09. The first kappa shape index (κ1) is 19.1. The summed E-state index contributed by atoms with van der Waals surface area (Å²) >= 11 is 0.974. The molecule has 9 nitrogen and oxygen atoms in total. The van der Waals surface area contributed by atoms with Crippen LogP contribution >= 0.6 is 11.5 Å². The van der Waals surface area contributed by atoms with Gasteiger partial charge in [0, 0.05) is 30.5 Å². The van der Waals surface area contributed by atoms with Crippen molar-refractivity contribution in [2.45, 2.75) is 31.8 Å². The van der Waals surface area contributed by atoms with Gasteiger partial charge in [-0.1, -0.05) is 10.6 Å². The standard InChI is InChI=1S/C19H20N6O3S/c26-17(21-12-14-6-4-10-28-14)16-18(29-24-23-16)22-19(27)25-9-2-1-7-15(25)13-5-3-8-20-11-13/h3-6,8,10-11,15H,1-2,7,9,12H2,(H,21,26)(H,22,27)/t15-/m0/s1. The predicted octanol–water partition coefficient (Wildman–Crippen LogP) is 3.22. The quantitative estimate of drug-likeness (QED) is 0.665. The van der Waals surface area contributed by atoms with Gasteiger partial charge in [-0.15, -0.1) is 5.10 Å². The number of piperidine rings is 1. The predicted molar refractivity (Wildman–Crippen MR) is 106 cm³/mol. The van der Waals surface area contributed by atoms with Gasteiger partial charge in [0.15, 0.2) is 10.7 Å². The molecule has 3 aromatic rings. The molecule has 3 amide bonds. The molecule has 1 fully saturated rings. The van der Waals surface area contributed by atoms with Crippen LogP contribution in [0.3, 0.4) is 0 Å². The van der Waals surface area contributed by atoms with E-state index in [1.54, 1.807) is 29.4 Å². The van der Waals surface area contributed by atoms with Crippen LogP contribution in [0, 0.1) is 0 Å². The number of carbonyl (C=O) groups is 2. The Bertz CT molecular complexity index is 960. The van der Waals surface area contributed by atoms with E-state index in [9.17, 15) is 9.59 Å². The number of carbonyl (C=O) groups excluding carboxylic acids is 2. The topological polar surface area (TPSA) is 113 Å². The Morgan fingerprint density at radius 1 is 1.28 bits per heavy atom. The number of rotatable bonds is 5. The second-order valence-corrected chi connectivity index (χ2v) is 7.39. The zero-order valence-electron chi connectivity index (χ0n) is 15.6. The fourth-order valence-corrected chi connectivity index (χ4v) is 3.91. The number of amides is 3. The van der Waals surface area contributed by atoms with Crippen LogP contribution in [0.5, 0.6) is 0 Å². The molecular weight excluding hydrogens is 392 g/mol. The molecule has 0 unspecified atom stereocenters. The average molecular weight is 412 g/mol. The van der Waals surface area contributed by atoms with E-state index >= 15 is 0 Å². The van der Waals surface area contributed by atoms with Crippen molar-refractivity contribution in [3.63, 3.8) is 0 Å². The monoisotopic (exact) mass is 412 g/mol. The minimum absolute atomic E-state index is 0.0467. The van der Waals surface area contributed by atoms with E-state index in [4.69, 9.17) is 4.42 Å². The maximum absolute atomic E-state index is 13.0. The molecule has 0 aliphatic carbocycles. The fraction of sp³-hybridized carbons (Fsp3) is 0.316. The molecule has 1 saturated heterocycles. The number of anilines is 1. The summed E-state index contributed by atoms with van der Waals surface area (Å²) in [5, 5.41) is 9.72. The number of nitrogens with one attached hydrogen (secondary N) is 2. The summed E-state index contributed by atoms with van der Waals surface area (Å²) in [7, 11) is 0. The zero-order chi connectivity index (χ0) is 20.1. The second kappa shape index (κ2) is 8.82. The molecule has 0 aromatic carbocycles. The maximum Gasteiger partial charge on any atom is 0.323 e. The molecule has 0 radical (unpaired) electrons. The van der Waals surface area contributed by atoms with Gasteiger partial charge in [0.1, 0.15) is 5.76 Å². The maximum atomic E-state index is 13.0. The smallest absolute Gasteiger partial charge is 0.323 e. The van der Waals surface area contributed by atoms with E-state index in [0.717, 1.165) is 36.4 Å². The Morgan fingerprint density at radius 3 is 3.00 bits per heavy atom. The van der Waals surface area contributed by atoms with Crippen molar-refractivity contribution < 1.29 is 14.0 Å². The number of aromatic nitrogens is 3. The van der Waals surface area contributed by atoms with Crippen LogP contribution in [0.2, 0.25) is 0 Å². The molecule has 10 heteroatoms. The van der Waals surface area contributed by atoms with Crippen LogP contribution in [0.1, 0.15) is 47.1 Å². The van der Waals surface area contributed by atoms with Gasteiger partial charge in [-0.2, -0.15) is 0 Å². The highest BCUT2D eigenvalue weighted by Gasteiger charge is 2.29. The molecule has 1 atom stereocenters. The third-order valence-corrected chi connectivity index (χ3v) is 5.40. The highest BCUT2D eigenvalue weighted by molar-refractivity contribution is 7.10. The lowest BCUT2D eigenvalue weighted by Gasteiger charge is -2.35. The van der Waals surface area contributed by atoms with Gasteiger partial charge in [-0.05, 0) is 43.0 Å². The normalized spacial score (nSPS) is 16.4. The van der Waals surface area contributed by atoms with Crippen molar-refractivity contribution in [3.05, 3.63) is 59.9 Å². The molecule has 4 rings (SSSR count). The number of likely N-dealkylation sites (tertiary alicyclic amines) is 1. The van der Waals surface area contributed by atoms with Gasteiger partial charge in [0.2, 0.25) is 0 Å². The third-order valence-electron chi connectivity index (χ3n) is 4.76. The molecule has 2 N–H and O–H groups in total. The van der Waals surface area contributed by atoms with Crippen molar-refractivity contribution in [1.82, 2.24) is 24.8 Å². The fourth-order valence-electron chi connectivity index (χ4n) is 3.35. The molecule has 0 saturated carbocycles. The van der Waals surface area contributed by atoms with E-state index < -0.39 is 5.91 Å². The van der Waals surface area contributed by atoms with Gasteiger partial charge in [0.05, 0.1) is 18.8 Å². The van der Waals surface area contributed by atoms with Crippen LogP contribution < -0.4 is 10.6 Å². The minimum Gasteiger partial charge on any atom is -0.467 e. The van der Waals surface area contributed by atoms with Crippen molar-refractivity contribution in [2.24, 2.45) is 0 Å². The van der Waals surface area contributed by atoms with E-state index in [1.165, 1.54) is 6.26 Å². The largest absolute Gasteiger partial charge is 0.467 e. The lowest BCUT2D eigenvalue weighted by molar-refractivity contribution is 0.0944. The Hall–Kier alpha value is -3.27. The Labute approximate surface area is 171 Å². The molecule has 1 aliphatic rings. The summed E-state index contributed by atoms with van der Waals surface area (Å²) in [5.74, 6) is 0.202. The first-order valence-electron chi connectivity index (χ1n) is 9.33. The first-order valence-corrected chi connectivity index (χ1v) is 10.1. The van der Waals surface area contributed by atoms with E-state index in [2.05, 4.69) is 25.2 Å². The number of pyridine rings is 1. The van der Waals surface area contributed by atoms with Gasteiger partial charge in [-0.25, -0.2) is 4.79 Å². The van der Waals surface area contributed by atoms with E-state index in [-0.39, 0.29) is 24.3 Å². The third kappa shape index (κ3) is 4.43. The van der Waals surface area contributed by atoms with Gasteiger partial charge < -0.3 is 14.6 Å². The number of urea groups is 1. The highest BCUT2D eigenvalue weighted by atomic mass is 32.1. The summed E-state index contributed by atoms with van der Waals surface area (Å²) < 4.78 is 9.03. The van der Waals surface area contributed by atoms with Gasteiger partial charge in [0.25, 0.3) is 5.91 Å². The van der Waals surface area contributed by atoms with Crippen LogP contribution in [0.25, 0.3) is 0 Å². The molecular formula is C19H20N6O3S. The molecule has 3 aromatic heterocycles. The van der Waals surface area contributed by atoms with Crippen LogP contribution in [-0.2, 0) is 6.54 Å².